The van der Waals surface area contributed by atoms with Gasteiger partial charge in [-0.05, 0) is 54.8 Å². The first-order valence-corrected chi connectivity index (χ1v) is 8.29. The summed E-state index contributed by atoms with van der Waals surface area (Å²) in [5, 5.41) is 2.89. The van der Waals surface area contributed by atoms with Gasteiger partial charge in [-0.15, -0.1) is 0 Å². The fraction of sp³-hybridized carbons (Fsp3) is 0.235. The van der Waals surface area contributed by atoms with Crippen molar-refractivity contribution in [2.75, 3.05) is 17.3 Å². The van der Waals surface area contributed by atoms with Crippen LogP contribution in [0.15, 0.2) is 54.6 Å². The van der Waals surface area contributed by atoms with Crippen LogP contribution in [0, 0.1) is 0 Å². The van der Waals surface area contributed by atoms with E-state index in [1.54, 1.807) is 11.8 Å². The van der Waals surface area contributed by atoms with Crippen LogP contribution in [0.5, 0.6) is 11.5 Å². The Morgan fingerprint density at radius 1 is 1.05 bits per heavy atom. The predicted molar refractivity (Wildman–Crippen MR) is 89.2 cm³/mol. The molecule has 2 rings (SSSR count). The highest BCUT2D eigenvalue weighted by atomic mass is 32.2. The average Bonchev–Trinajstić information content (AvgIpc) is 2.51. The summed E-state index contributed by atoms with van der Waals surface area (Å²) in [6, 6.07) is 17.0. The average molecular weight is 301 g/mol. The lowest BCUT2D eigenvalue weighted by molar-refractivity contribution is -0.116. The van der Waals surface area contributed by atoms with Crippen LogP contribution >= 0.6 is 11.8 Å². The highest BCUT2D eigenvalue weighted by Crippen LogP contribution is 2.22. The molecule has 0 radical (unpaired) electrons. The van der Waals surface area contributed by atoms with Crippen molar-refractivity contribution in [2.45, 2.75) is 12.8 Å². The van der Waals surface area contributed by atoms with Crippen molar-refractivity contribution in [3.8, 4) is 11.5 Å². The quantitative estimate of drug-likeness (QED) is 0.762. The number of hydrogen-bond acceptors (Lipinski definition) is 3. The SMILES string of the molecule is CSCCCC(=O)Nc1ccc(Oc2ccccc2)cc1. The van der Waals surface area contributed by atoms with E-state index in [4.69, 9.17) is 4.74 Å². The third kappa shape index (κ3) is 5.52. The number of hydrogen-bond donors (Lipinski definition) is 1. The molecule has 0 atom stereocenters. The van der Waals surface area contributed by atoms with Gasteiger partial charge in [0.2, 0.25) is 5.91 Å². The molecule has 0 fully saturated rings. The Labute approximate surface area is 129 Å². The molecule has 2 aromatic rings. The Kier molecular flexibility index (Phi) is 6.16. The molecule has 0 aromatic heterocycles. The van der Waals surface area contributed by atoms with E-state index in [1.807, 2.05) is 60.9 Å². The molecule has 0 aliphatic rings. The Balaban J connectivity index is 1.85. The number of rotatable bonds is 7. The van der Waals surface area contributed by atoms with Crippen LogP contribution in [-0.2, 0) is 4.79 Å². The molecule has 1 N–H and O–H groups in total. The smallest absolute Gasteiger partial charge is 0.224 e. The minimum atomic E-state index is 0.0563. The molecule has 110 valence electrons. The van der Waals surface area contributed by atoms with E-state index in [1.165, 1.54) is 0 Å². The van der Waals surface area contributed by atoms with Crippen molar-refractivity contribution in [3.05, 3.63) is 54.6 Å². The lowest BCUT2D eigenvalue weighted by Crippen LogP contribution is -2.11. The first-order chi connectivity index (χ1) is 10.3. The first kappa shape index (κ1) is 15.4. The Morgan fingerprint density at radius 2 is 1.71 bits per heavy atom. The van der Waals surface area contributed by atoms with E-state index in [2.05, 4.69) is 5.32 Å². The van der Waals surface area contributed by atoms with E-state index < -0.39 is 0 Å². The molecule has 0 heterocycles. The molecule has 0 bridgehead atoms. The third-order valence-corrected chi connectivity index (χ3v) is 3.57. The maximum Gasteiger partial charge on any atom is 0.224 e. The van der Waals surface area contributed by atoms with Crippen molar-refractivity contribution in [3.63, 3.8) is 0 Å². The van der Waals surface area contributed by atoms with E-state index in [0.717, 1.165) is 29.4 Å². The van der Waals surface area contributed by atoms with Gasteiger partial charge in [0.1, 0.15) is 11.5 Å². The second-order valence-electron chi connectivity index (χ2n) is 4.58. The van der Waals surface area contributed by atoms with Crippen molar-refractivity contribution >= 4 is 23.4 Å². The van der Waals surface area contributed by atoms with Crippen LogP contribution in [-0.4, -0.2) is 17.9 Å². The second kappa shape index (κ2) is 8.37. The van der Waals surface area contributed by atoms with E-state index in [9.17, 15) is 4.79 Å². The molecule has 0 unspecified atom stereocenters. The largest absolute Gasteiger partial charge is 0.457 e. The highest BCUT2D eigenvalue weighted by molar-refractivity contribution is 7.98. The van der Waals surface area contributed by atoms with Crippen LogP contribution < -0.4 is 10.1 Å². The van der Waals surface area contributed by atoms with Gasteiger partial charge in [-0.2, -0.15) is 11.8 Å². The summed E-state index contributed by atoms with van der Waals surface area (Å²) in [6.45, 7) is 0. The summed E-state index contributed by atoms with van der Waals surface area (Å²) >= 11 is 1.76. The molecule has 0 spiro atoms. The van der Waals surface area contributed by atoms with Crippen molar-refractivity contribution in [1.29, 1.82) is 0 Å². The molecule has 21 heavy (non-hydrogen) atoms. The fourth-order valence-electron chi connectivity index (χ4n) is 1.83. The van der Waals surface area contributed by atoms with Crippen molar-refractivity contribution in [2.24, 2.45) is 0 Å². The topological polar surface area (TPSA) is 38.3 Å². The van der Waals surface area contributed by atoms with Crippen molar-refractivity contribution < 1.29 is 9.53 Å². The van der Waals surface area contributed by atoms with Crippen molar-refractivity contribution in [1.82, 2.24) is 0 Å². The minimum absolute atomic E-state index is 0.0563. The number of amides is 1. The molecule has 4 heteroatoms. The van der Waals surface area contributed by atoms with Gasteiger partial charge >= 0.3 is 0 Å². The zero-order valence-electron chi connectivity index (χ0n) is 12.0. The van der Waals surface area contributed by atoms with Gasteiger partial charge in [-0.3, -0.25) is 4.79 Å². The van der Waals surface area contributed by atoms with Gasteiger partial charge in [0, 0.05) is 12.1 Å². The van der Waals surface area contributed by atoms with Crippen LogP contribution in [0.4, 0.5) is 5.69 Å². The van der Waals surface area contributed by atoms with Crippen LogP contribution in [0.3, 0.4) is 0 Å². The second-order valence-corrected chi connectivity index (χ2v) is 5.57. The highest BCUT2D eigenvalue weighted by Gasteiger charge is 2.02. The lowest BCUT2D eigenvalue weighted by atomic mass is 10.2. The van der Waals surface area contributed by atoms with E-state index in [-0.39, 0.29) is 5.91 Å². The summed E-state index contributed by atoms with van der Waals surface area (Å²) in [4.78, 5) is 11.7. The Morgan fingerprint density at radius 3 is 2.38 bits per heavy atom. The number of carbonyl (C=O) groups is 1. The standard InChI is InChI=1S/C17H19NO2S/c1-21-13-5-8-17(19)18-14-9-11-16(12-10-14)20-15-6-3-2-4-7-15/h2-4,6-7,9-12H,5,8,13H2,1H3,(H,18,19). The molecule has 1 amide bonds. The molecule has 0 aliphatic heterocycles. The van der Waals surface area contributed by atoms with Gasteiger partial charge in [0.15, 0.2) is 0 Å². The van der Waals surface area contributed by atoms with Gasteiger partial charge in [0.25, 0.3) is 0 Å². The number of ether oxygens (including phenoxy) is 1. The summed E-state index contributed by atoms with van der Waals surface area (Å²) in [6.07, 6.45) is 3.51. The van der Waals surface area contributed by atoms with Crippen LogP contribution in [0.2, 0.25) is 0 Å². The summed E-state index contributed by atoms with van der Waals surface area (Å²) in [5.74, 6) is 2.62. The zero-order chi connectivity index (χ0) is 14.9. The minimum Gasteiger partial charge on any atom is -0.457 e. The lowest BCUT2D eigenvalue weighted by Gasteiger charge is -2.08. The molecule has 3 nitrogen and oxygen atoms in total. The molecular weight excluding hydrogens is 282 g/mol. The summed E-state index contributed by atoms with van der Waals surface area (Å²) < 4.78 is 5.70. The third-order valence-electron chi connectivity index (χ3n) is 2.87. The summed E-state index contributed by atoms with van der Waals surface area (Å²) in [7, 11) is 0. The van der Waals surface area contributed by atoms with Crippen LogP contribution in [0.25, 0.3) is 0 Å². The van der Waals surface area contributed by atoms with E-state index in [0.29, 0.717) is 6.42 Å². The Hall–Kier alpha value is -1.94. The molecule has 0 saturated heterocycles. The number of benzene rings is 2. The molecule has 0 aliphatic carbocycles. The molecular formula is C17H19NO2S. The maximum absolute atomic E-state index is 11.7. The summed E-state index contributed by atoms with van der Waals surface area (Å²) in [5.41, 5.74) is 0.796. The number of nitrogens with one attached hydrogen (secondary N) is 1. The molecule has 0 saturated carbocycles. The monoisotopic (exact) mass is 301 g/mol. The number of anilines is 1. The van der Waals surface area contributed by atoms with Gasteiger partial charge in [0.05, 0.1) is 0 Å². The first-order valence-electron chi connectivity index (χ1n) is 6.89. The van der Waals surface area contributed by atoms with E-state index >= 15 is 0 Å². The maximum atomic E-state index is 11.7. The number of thioether (sulfide) groups is 1. The van der Waals surface area contributed by atoms with Gasteiger partial charge in [-0.1, -0.05) is 18.2 Å². The van der Waals surface area contributed by atoms with Gasteiger partial charge in [-0.25, -0.2) is 0 Å². The van der Waals surface area contributed by atoms with Crippen LogP contribution in [0.1, 0.15) is 12.8 Å². The number of para-hydroxylation sites is 1. The molecule has 2 aromatic carbocycles. The Bertz CT molecular complexity index is 555. The van der Waals surface area contributed by atoms with Gasteiger partial charge < -0.3 is 10.1 Å². The predicted octanol–water partition coefficient (Wildman–Crippen LogP) is 4.56. The fourth-order valence-corrected chi connectivity index (χ4v) is 2.26. The normalized spacial score (nSPS) is 10.1. The number of carbonyl (C=O) groups excluding carboxylic acids is 1. The zero-order valence-corrected chi connectivity index (χ0v) is 12.9.